The number of hydrogen-bond acceptors (Lipinski definition) is 12. The molecule has 10 N–H and O–H groups in total. The molecule has 1 aliphatic heterocycles. The van der Waals surface area contributed by atoms with E-state index in [1.165, 1.54) is 10.9 Å². The molecule has 3 heterocycles. The van der Waals surface area contributed by atoms with Gasteiger partial charge in [-0.05, 0) is 0 Å². The molecular formula is C10H18KN5O12P2. The van der Waals surface area contributed by atoms with Crippen LogP contribution in [0, 0.1) is 0 Å². The second kappa shape index (κ2) is 11.3. The summed E-state index contributed by atoms with van der Waals surface area (Å²) in [6.45, 7) is -0.876. The van der Waals surface area contributed by atoms with Crippen LogP contribution in [0.3, 0.4) is 0 Å². The standard InChI is InChI=1S/C10H15N5O10P2.K.2H2O/c11-8-5-9(13-2-12-8)15(3-14-5)10-7(17)6(16)4(24-10)1-23-27(21,22)25-26(18,19)20;;;/h2-4,6-7,10,16-17H,1H2,(H,21,22)(H2,11,12,13)(H2,18,19,20);;2*1H2/q;+1;;/p-1/t4-,6-,7-,10-;;;/m1.../s1. The van der Waals surface area contributed by atoms with E-state index in [2.05, 4.69) is 23.8 Å². The second-order valence-electron chi connectivity index (χ2n) is 5.44. The zero-order valence-corrected chi connectivity index (χ0v) is 20.1. The van der Waals surface area contributed by atoms with Gasteiger partial charge in [-0.15, -0.1) is 0 Å². The molecule has 2 aromatic rings. The van der Waals surface area contributed by atoms with Crippen LogP contribution in [0.2, 0.25) is 0 Å². The summed E-state index contributed by atoms with van der Waals surface area (Å²) in [4.78, 5) is 40.1. The molecule has 30 heavy (non-hydrogen) atoms. The number of aliphatic hydroxyl groups is 2. The summed E-state index contributed by atoms with van der Waals surface area (Å²) in [7, 11) is -10.7. The number of phosphoric ester groups is 1. The van der Waals surface area contributed by atoms with Gasteiger partial charge in [0.05, 0.1) is 12.9 Å². The van der Waals surface area contributed by atoms with Gasteiger partial charge < -0.3 is 50.8 Å². The first-order valence-corrected chi connectivity index (χ1v) is 10.1. The Bertz CT molecular complexity index is 941. The van der Waals surface area contributed by atoms with Gasteiger partial charge in [-0.25, -0.2) is 23.8 Å². The number of aromatic nitrogens is 4. The molecule has 0 bridgehead atoms. The maximum Gasteiger partial charge on any atom is 1.00 e. The van der Waals surface area contributed by atoms with E-state index in [9.17, 15) is 24.2 Å². The van der Waals surface area contributed by atoms with E-state index in [1.54, 1.807) is 0 Å². The fraction of sp³-hybridized carbons (Fsp3) is 0.500. The number of nitrogen functional groups attached to an aromatic ring is 1. The van der Waals surface area contributed by atoms with Crippen molar-refractivity contribution in [1.82, 2.24) is 19.5 Å². The molecule has 166 valence electrons. The molecule has 1 aliphatic rings. The molecule has 0 amide bonds. The number of anilines is 1. The molecule has 5 atom stereocenters. The van der Waals surface area contributed by atoms with E-state index in [-0.39, 0.29) is 79.3 Å². The van der Waals surface area contributed by atoms with Gasteiger partial charge in [0.2, 0.25) is 0 Å². The van der Waals surface area contributed by atoms with E-state index in [0.717, 1.165) is 6.33 Å². The van der Waals surface area contributed by atoms with Crippen LogP contribution in [-0.2, 0) is 22.7 Å². The minimum Gasteiger partial charge on any atom is -0.756 e. The summed E-state index contributed by atoms with van der Waals surface area (Å²) < 4.78 is 36.4. The van der Waals surface area contributed by atoms with Crippen LogP contribution in [-0.4, -0.2) is 75.4 Å². The summed E-state index contributed by atoms with van der Waals surface area (Å²) in [5, 5.41) is 20.2. The van der Waals surface area contributed by atoms with Gasteiger partial charge in [0.25, 0.3) is 7.82 Å². The fourth-order valence-electron chi connectivity index (χ4n) is 2.47. The molecule has 0 radical (unpaired) electrons. The monoisotopic (exact) mass is 501 g/mol. The van der Waals surface area contributed by atoms with Crippen LogP contribution in [0.25, 0.3) is 11.2 Å². The molecule has 0 spiro atoms. The van der Waals surface area contributed by atoms with Crippen molar-refractivity contribution in [2.75, 3.05) is 12.3 Å². The van der Waals surface area contributed by atoms with Gasteiger partial charge in [0.1, 0.15) is 30.2 Å². The predicted octanol–water partition coefficient (Wildman–Crippen LogP) is -7.02. The van der Waals surface area contributed by atoms with Gasteiger partial charge in [-0.1, -0.05) is 0 Å². The third kappa shape index (κ3) is 6.77. The molecular weight excluding hydrogens is 483 g/mol. The molecule has 1 unspecified atom stereocenters. The van der Waals surface area contributed by atoms with E-state index < -0.39 is 46.8 Å². The van der Waals surface area contributed by atoms with Crippen LogP contribution in [0.4, 0.5) is 5.82 Å². The average molecular weight is 501 g/mol. The molecule has 0 aromatic carbocycles. The molecule has 1 fully saturated rings. The van der Waals surface area contributed by atoms with Gasteiger partial charge in [-0.3, -0.25) is 9.13 Å². The Labute approximate surface area is 210 Å². The zero-order valence-electron chi connectivity index (χ0n) is 15.2. The minimum atomic E-state index is -5.38. The molecule has 0 aliphatic carbocycles. The van der Waals surface area contributed by atoms with Crippen molar-refractivity contribution in [3.8, 4) is 0 Å². The third-order valence-electron chi connectivity index (χ3n) is 3.60. The maximum absolute atomic E-state index is 11.4. The second-order valence-corrected chi connectivity index (χ2v) is 8.23. The van der Waals surface area contributed by atoms with Crippen LogP contribution in [0.5, 0.6) is 0 Å². The first-order valence-electron chi connectivity index (χ1n) is 7.15. The quantitative estimate of drug-likeness (QED) is 0.181. The molecule has 20 heteroatoms. The molecule has 17 nitrogen and oxygen atoms in total. The van der Waals surface area contributed by atoms with Crippen LogP contribution in [0.15, 0.2) is 12.7 Å². The summed E-state index contributed by atoms with van der Waals surface area (Å²) in [5.74, 6) is 0.0774. The number of hydrogen-bond donors (Lipinski definition) is 5. The van der Waals surface area contributed by atoms with E-state index in [4.69, 9.17) is 20.3 Å². The van der Waals surface area contributed by atoms with E-state index >= 15 is 0 Å². The number of aliphatic hydroxyl groups excluding tert-OH is 2. The first-order chi connectivity index (χ1) is 12.5. The number of nitrogens with zero attached hydrogens (tertiary/aromatic N) is 4. The fourth-order valence-corrected chi connectivity index (χ4v) is 4.03. The number of nitrogens with two attached hydrogens (primary N) is 1. The zero-order chi connectivity index (χ0) is 20.0. The number of fused-ring (bicyclic) bond motifs is 1. The Morgan fingerprint density at radius 2 is 1.83 bits per heavy atom. The Balaban J connectivity index is 0.00000280. The Hall–Kier alpha value is 0.0464. The number of imidazole rings is 1. The Morgan fingerprint density at radius 3 is 2.43 bits per heavy atom. The van der Waals surface area contributed by atoms with Crippen molar-refractivity contribution < 1.29 is 110 Å². The summed E-state index contributed by atoms with van der Waals surface area (Å²) >= 11 is 0. The van der Waals surface area contributed by atoms with Crippen LogP contribution < -0.4 is 62.0 Å². The van der Waals surface area contributed by atoms with Crippen molar-refractivity contribution in [1.29, 1.82) is 0 Å². The van der Waals surface area contributed by atoms with E-state index in [0.29, 0.717) is 0 Å². The van der Waals surface area contributed by atoms with Gasteiger partial charge in [-0.2, -0.15) is 0 Å². The molecule has 1 saturated heterocycles. The van der Waals surface area contributed by atoms with Crippen LogP contribution >= 0.6 is 15.6 Å². The summed E-state index contributed by atoms with van der Waals surface area (Å²) in [5.41, 5.74) is 6.08. The number of rotatable bonds is 6. The Morgan fingerprint density at radius 1 is 1.20 bits per heavy atom. The number of phosphoric acid groups is 2. The molecule has 0 saturated carbocycles. The largest absolute Gasteiger partial charge is 1.00 e. The SMILES string of the molecule is Nc1ncnc2c1ncn2[C@@H]1O[C@H](COP(=O)([O-])OP(=O)(O)O)[C@@H](O)[C@H]1O.O.O.[K+]. The van der Waals surface area contributed by atoms with Gasteiger partial charge in [0, 0.05) is 0 Å². The van der Waals surface area contributed by atoms with E-state index in [1.807, 2.05) is 0 Å². The van der Waals surface area contributed by atoms with Crippen molar-refractivity contribution in [2.24, 2.45) is 0 Å². The van der Waals surface area contributed by atoms with Crippen LogP contribution in [0.1, 0.15) is 6.23 Å². The van der Waals surface area contributed by atoms with Crippen molar-refractivity contribution in [3.05, 3.63) is 12.7 Å². The predicted molar refractivity (Wildman–Crippen MR) is 89.6 cm³/mol. The third-order valence-corrected chi connectivity index (χ3v) is 5.72. The van der Waals surface area contributed by atoms with Crippen molar-refractivity contribution in [2.45, 2.75) is 24.5 Å². The first kappa shape index (κ1) is 30.0. The summed E-state index contributed by atoms with van der Waals surface area (Å²) in [6, 6.07) is 0. The molecule has 2 aromatic heterocycles. The smallest absolute Gasteiger partial charge is 0.756 e. The summed E-state index contributed by atoms with van der Waals surface area (Å²) in [6.07, 6.45) is -3.33. The normalized spacial score (nSPS) is 25.6. The minimum absolute atomic E-state index is 0. The van der Waals surface area contributed by atoms with Crippen molar-refractivity contribution >= 4 is 32.6 Å². The topological polar surface area (TPSA) is 298 Å². The Kier molecular flexibility index (Phi) is 11.3. The number of ether oxygens (including phenoxy) is 1. The van der Waals surface area contributed by atoms with Crippen molar-refractivity contribution in [3.63, 3.8) is 0 Å². The van der Waals surface area contributed by atoms with Gasteiger partial charge in [0.15, 0.2) is 17.7 Å². The average Bonchev–Trinajstić information content (AvgIpc) is 3.07. The van der Waals surface area contributed by atoms with Gasteiger partial charge >= 0.3 is 59.2 Å². The maximum atomic E-state index is 11.4. The molecule has 3 rings (SSSR count).